The van der Waals surface area contributed by atoms with E-state index in [1.807, 2.05) is 72.4 Å². The van der Waals surface area contributed by atoms with E-state index in [9.17, 15) is 14.0 Å². The highest BCUT2D eigenvalue weighted by Gasteiger charge is 2.29. The number of hydrogen-bond acceptors (Lipinski definition) is 3. The Kier molecular flexibility index (Phi) is 7.04. The third-order valence-corrected chi connectivity index (χ3v) is 6.50. The third kappa shape index (κ3) is 5.22. The van der Waals surface area contributed by atoms with Crippen molar-refractivity contribution >= 4 is 22.6 Å². The zero-order chi connectivity index (χ0) is 23.4. The van der Waals surface area contributed by atoms with Crippen LogP contribution in [-0.2, 0) is 4.79 Å². The molecule has 1 fully saturated rings. The van der Waals surface area contributed by atoms with Gasteiger partial charge in [-0.15, -0.1) is 0 Å². The number of fused-ring (bicyclic) bond motifs is 1. The number of benzene rings is 3. The van der Waals surface area contributed by atoms with Gasteiger partial charge >= 0.3 is 0 Å². The molecule has 4 rings (SSSR count). The fraction of sp³-hybridized carbons (Fsp3) is 0.333. The summed E-state index contributed by atoms with van der Waals surface area (Å²) in [5.41, 5.74) is 1.54. The smallest absolute Gasteiger partial charge is 0.254 e. The first kappa shape index (κ1) is 22.9. The molecular weight excluding hydrogens is 417 g/mol. The lowest BCUT2D eigenvalue weighted by Crippen LogP contribution is -2.44. The van der Waals surface area contributed by atoms with Gasteiger partial charge in [-0.3, -0.25) is 9.59 Å². The van der Waals surface area contributed by atoms with E-state index in [4.69, 9.17) is 0 Å². The van der Waals surface area contributed by atoms with E-state index in [2.05, 4.69) is 5.32 Å². The zero-order valence-electron chi connectivity index (χ0n) is 19.1. The first-order valence-electron chi connectivity index (χ1n) is 11.4. The lowest BCUT2D eigenvalue weighted by atomic mass is 9.94. The van der Waals surface area contributed by atoms with Crippen LogP contribution >= 0.6 is 0 Å². The maximum atomic E-state index is 13.7. The van der Waals surface area contributed by atoms with E-state index < -0.39 is 0 Å². The molecule has 3 aromatic carbocycles. The van der Waals surface area contributed by atoms with E-state index in [-0.39, 0.29) is 29.6 Å². The topological polar surface area (TPSA) is 52.7 Å². The summed E-state index contributed by atoms with van der Waals surface area (Å²) in [4.78, 5) is 29.8. The van der Waals surface area contributed by atoms with Crippen LogP contribution in [0.5, 0.6) is 0 Å². The summed E-state index contributed by atoms with van der Waals surface area (Å²) in [6.45, 7) is 1.52. The lowest BCUT2D eigenvalue weighted by Gasteiger charge is -2.32. The average molecular weight is 448 g/mol. The van der Waals surface area contributed by atoms with Crippen molar-refractivity contribution < 1.29 is 14.0 Å². The summed E-state index contributed by atoms with van der Waals surface area (Å²) in [5, 5.41) is 5.05. The van der Waals surface area contributed by atoms with Gasteiger partial charge in [-0.25, -0.2) is 4.39 Å². The van der Waals surface area contributed by atoms with Gasteiger partial charge in [-0.2, -0.15) is 0 Å². The molecule has 172 valence electrons. The van der Waals surface area contributed by atoms with Crippen LogP contribution in [0.2, 0.25) is 0 Å². The van der Waals surface area contributed by atoms with Gasteiger partial charge in [0, 0.05) is 31.1 Å². The third-order valence-electron chi connectivity index (χ3n) is 6.50. The highest BCUT2D eigenvalue weighted by molar-refractivity contribution is 6.07. The van der Waals surface area contributed by atoms with Gasteiger partial charge in [0.1, 0.15) is 5.82 Å². The molecule has 0 bridgehead atoms. The van der Waals surface area contributed by atoms with Crippen molar-refractivity contribution in [3.05, 3.63) is 83.7 Å². The number of rotatable bonds is 6. The highest BCUT2D eigenvalue weighted by atomic mass is 19.1. The van der Waals surface area contributed by atoms with E-state index in [1.165, 1.54) is 12.1 Å². The van der Waals surface area contributed by atoms with Gasteiger partial charge in [0.2, 0.25) is 5.91 Å². The van der Waals surface area contributed by atoms with Gasteiger partial charge in [0.15, 0.2) is 0 Å². The number of carbonyl (C=O) groups excluding carboxylic acids is 2. The number of amides is 2. The maximum absolute atomic E-state index is 13.7. The molecule has 1 saturated heterocycles. The quantitative estimate of drug-likeness (QED) is 0.615. The molecule has 0 radical (unpaired) electrons. The fourth-order valence-electron chi connectivity index (χ4n) is 4.58. The van der Waals surface area contributed by atoms with Gasteiger partial charge in [0.05, 0.1) is 6.04 Å². The van der Waals surface area contributed by atoms with Crippen LogP contribution in [0.15, 0.2) is 66.7 Å². The van der Waals surface area contributed by atoms with Gasteiger partial charge < -0.3 is 15.1 Å². The average Bonchev–Trinajstić information content (AvgIpc) is 2.83. The standard InChI is InChI=1S/C27H30FN3O2/c1-30(2)25(21-9-5-10-22(28)17-21)18-29-26(32)20-13-15-31(16-14-20)27(33)24-12-6-8-19-7-3-4-11-23(19)24/h3-12,17,20,25H,13-16,18H2,1-2H3,(H,29,32). The monoisotopic (exact) mass is 447 g/mol. The van der Waals surface area contributed by atoms with E-state index in [0.717, 1.165) is 16.3 Å². The molecule has 0 aliphatic carbocycles. The molecule has 1 heterocycles. The molecule has 3 aromatic rings. The van der Waals surface area contributed by atoms with Crippen molar-refractivity contribution in [2.24, 2.45) is 5.92 Å². The summed E-state index contributed by atoms with van der Waals surface area (Å²) in [6, 6.07) is 20.1. The van der Waals surface area contributed by atoms with Gasteiger partial charge in [-0.1, -0.05) is 48.5 Å². The largest absolute Gasteiger partial charge is 0.354 e. The number of carbonyl (C=O) groups is 2. The number of likely N-dealkylation sites (tertiary alicyclic amines) is 1. The summed E-state index contributed by atoms with van der Waals surface area (Å²) in [7, 11) is 3.83. The zero-order valence-corrected chi connectivity index (χ0v) is 19.1. The molecule has 2 amide bonds. The molecule has 1 unspecified atom stereocenters. The fourth-order valence-corrected chi connectivity index (χ4v) is 4.58. The number of likely N-dealkylation sites (N-methyl/N-ethyl adjacent to an activating group) is 1. The Balaban J connectivity index is 1.34. The molecule has 0 aromatic heterocycles. The Morgan fingerprint density at radius 2 is 1.73 bits per heavy atom. The molecule has 1 N–H and O–H groups in total. The van der Waals surface area contributed by atoms with Crippen LogP contribution in [0.25, 0.3) is 10.8 Å². The van der Waals surface area contributed by atoms with E-state index >= 15 is 0 Å². The molecule has 5 nitrogen and oxygen atoms in total. The molecular formula is C27H30FN3O2. The van der Waals surface area contributed by atoms with Crippen LogP contribution in [0, 0.1) is 11.7 Å². The van der Waals surface area contributed by atoms with Crippen LogP contribution in [0.4, 0.5) is 4.39 Å². The molecule has 1 atom stereocenters. The summed E-state index contributed by atoms with van der Waals surface area (Å²) in [6.07, 6.45) is 1.27. The maximum Gasteiger partial charge on any atom is 0.254 e. The first-order chi connectivity index (χ1) is 15.9. The molecule has 0 spiro atoms. The minimum Gasteiger partial charge on any atom is -0.354 e. The lowest BCUT2D eigenvalue weighted by molar-refractivity contribution is -0.126. The Morgan fingerprint density at radius 3 is 2.45 bits per heavy atom. The number of nitrogens with one attached hydrogen (secondary N) is 1. The molecule has 33 heavy (non-hydrogen) atoms. The Bertz CT molecular complexity index is 1130. The molecule has 0 saturated carbocycles. The summed E-state index contributed by atoms with van der Waals surface area (Å²) < 4.78 is 13.7. The minimum absolute atomic E-state index is 0.00415. The number of hydrogen-bond donors (Lipinski definition) is 1. The number of halogens is 1. The Morgan fingerprint density at radius 1 is 1.03 bits per heavy atom. The predicted molar refractivity (Wildman–Crippen MR) is 128 cm³/mol. The van der Waals surface area contributed by atoms with Crippen molar-refractivity contribution in [1.29, 1.82) is 0 Å². The molecule has 1 aliphatic rings. The van der Waals surface area contributed by atoms with Crippen LogP contribution in [0.3, 0.4) is 0 Å². The van der Waals surface area contributed by atoms with Crippen LogP contribution in [0.1, 0.15) is 34.8 Å². The Labute approximate surface area is 194 Å². The second-order valence-electron chi connectivity index (χ2n) is 8.87. The SMILES string of the molecule is CN(C)C(CNC(=O)C1CCN(C(=O)c2cccc3ccccc23)CC1)c1cccc(F)c1. The van der Waals surface area contributed by atoms with Gasteiger partial charge in [-0.05, 0) is 61.5 Å². The van der Waals surface area contributed by atoms with Crippen LogP contribution in [-0.4, -0.2) is 55.3 Å². The predicted octanol–water partition coefficient (Wildman–Crippen LogP) is 4.25. The number of nitrogens with zero attached hydrogens (tertiary/aromatic N) is 2. The van der Waals surface area contributed by atoms with Crippen molar-refractivity contribution in [3.63, 3.8) is 0 Å². The minimum atomic E-state index is -0.283. The normalized spacial score (nSPS) is 15.6. The van der Waals surface area contributed by atoms with Gasteiger partial charge in [0.25, 0.3) is 5.91 Å². The highest BCUT2D eigenvalue weighted by Crippen LogP contribution is 2.24. The van der Waals surface area contributed by atoms with E-state index in [1.54, 1.807) is 6.07 Å². The second-order valence-corrected chi connectivity index (χ2v) is 8.87. The molecule has 1 aliphatic heterocycles. The van der Waals surface area contributed by atoms with Crippen LogP contribution < -0.4 is 5.32 Å². The van der Waals surface area contributed by atoms with Crippen molar-refractivity contribution in [2.45, 2.75) is 18.9 Å². The number of piperidine rings is 1. The summed E-state index contributed by atoms with van der Waals surface area (Å²) >= 11 is 0. The summed E-state index contributed by atoms with van der Waals surface area (Å²) in [5.74, 6) is -0.397. The van der Waals surface area contributed by atoms with Crippen molar-refractivity contribution in [1.82, 2.24) is 15.1 Å². The van der Waals surface area contributed by atoms with E-state index in [0.29, 0.717) is 38.0 Å². The Hall–Kier alpha value is -3.25. The van der Waals surface area contributed by atoms with Crippen molar-refractivity contribution in [3.8, 4) is 0 Å². The first-order valence-corrected chi connectivity index (χ1v) is 11.4. The van der Waals surface area contributed by atoms with Crippen molar-refractivity contribution in [2.75, 3.05) is 33.7 Å². The molecule has 6 heteroatoms. The second kappa shape index (κ2) is 10.1.